The third kappa shape index (κ3) is 5.80. The number of fused-ring (bicyclic) bond motifs is 1. The van der Waals surface area contributed by atoms with Crippen molar-refractivity contribution in [1.29, 1.82) is 0 Å². The Labute approximate surface area is 229 Å². The number of likely N-dealkylation sites (tertiary alicyclic amines) is 1. The number of nitrogens with zero attached hydrogens (tertiary/aromatic N) is 1. The number of amides is 1. The van der Waals surface area contributed by atoms with Gasteiger partial charge in [0.05, 0.1) is 17.2 Å². The van der Waals surface area contributed by atoms with Crippen molar-refractivity contribution >= 4 is 16.7 Å². The van der Waals surface area contributed by atoms with E-state index in [1.807, 2.05) is 54.3 Å². The molecule has 2 heterocycles. The van der Waals surface area contributed by atoms with E-state index in [2.05, 4.69) is 10.3 Å². The Bertz CT molecular complexity index is 1580. The minimum absolute atomic E-state index is 0.00778. The molecule has 208 valence electrons. The molecular formula is C31H30F3N3O3. The van der Waals surface area contributed by atoms with Gasteiger partial charge in [0.2, 0.25) is 0 Å². The maximum atomic E-state index is 13.1. The van der Waals surface area contributed by atoms with Gasteiger partial charge in [0.15, 0.2) is 0 Å². The van der Waals surface area contributed by atoms with E-state index in [0.29, 0.717) is 25.3 Å². The van der Waals surface area contributed by atoms with Gasteiger partial charge in [-0.05, 0) is 65.9 Å². The average molecular weight is 550 g/mol. The van der Waals surface area contributed by atoms with E-state index in [9.17, 15) is 27.9 Å². The smallest absolute Gasteiger partial charge is 0.385 e. The second kappa shape index (κ2) is 10.9. The Kier molecular flexibility index (Phi) is 7.53. The van der Waals surface area contributed by atoms with Crippen LogP contribution in [-0.2, 0) is 18.3 Å². The molecule has 6 nitrogen and oxygen atoms in total. The van der Waals surface area contributed by atoms with E-state index in [4.69, 9.17) is 0 Å². The number of aliphatic hydroxyl groups is 1. The number of carbonyl (C=O) groups excluding carboxylic acids is 1. The zero-order chi connectivity index (χ0) is 28.5. The molecule has 0 bridgehead atoms. The van der Waals surface area contributed by atoms with E-state index in [-0.39, 0.29) is 30.0 Å². The van der Waals surface area contributed by atoms with Gasteiger partial charge >= 0.3 is 6.18 Å². The van der Waals surface area contributed by atoms with Crippen LogP contribution in [0.4, 0.5) is 13.2 Å². The molecule has 1 atom stereocenters. The van der Waals surface area contributed by atoms with E-state index >= 15 is 0 Å². The number of rotatable bonds is 6. The fourth-order valence-corrected chi connectivity index (χ4v) is 5.36. The summed E-state index contributed by atoms with van der Waals surface area (Å²) in [6.45, 7) is 3.11. The predicted octanol–water partition coefficient (Wildman–Crippen LogP) is 5.52. The molecule has 1 fully saturated rings. The highest BCUT2D eigenvalue weighted by atomic mass is 19.4. The van der Waals surface area contributed by atoms with Crippen molar-refractivity contribution < 1.29 is 23.1 Å². The molecule has 1 saturated heterocycles. The lowest BCUT2D eigenvalue weighted by Gasteiger charge is -2.38. The summed E-state index contributed by atoms with van der Waals surface area (Å²) in [5.74, 6) is -0.475. The van der Waals surface area contributed by atoms with Gasteiger partial charge in [0.1, 0.15) is 5.56 Å². The Hall–Kier alpha value is -3.95. The van der Waals surface area contributed by atoms with Crippen LogP contribution < -0.4 is 10.9 Å². The second-order valence-corrected chi connectivity index (χ2v) is 10.4. The summed E-state index contributed by atoms with van der Waals surface area (Å²) in [6.07, 6.45) is -3.97. The van der Waals surface area contributed by atoms with Gasteiger partial charge in [-0.25, -0.2) is 0 Å². The quantitative estimate of drug-likeness (QED) is 0.296. The van der Waals surface area contributed by atoms with E-state index < -0.39 is 28.8 Å². The molecule has 5 rings (SSSR count). The van der Waals surface area contributed by atoms with Crippen LogP contribution in [0.15, 0.2) is 83.7 Å². The number of hydrogen-bond acceptors (Lipinski definition) is 4. The fourth-order valence-electron chi connectivity index (χ4n) is 5.36. The number of hydrogen-bond donors (Lipinski definition) is 3. The molecule has 1 aromatic heterocycles. The number of aromatic amines is 1. The van der Waals surface area contributed by atoms with Crippen molar-refractivity contribution in [2.24, 2.45) is 0 Å². The van der Waals surface area contributed by atoms with Gasteiger partial charge in [-0.2, -0.15) is 13.2 Å². The maximum absolute atomic E-state index is 13.1. The van der Waals surface area contributed by atoms with E-state index in [0.717, 1.165) is 28.5 Å². The molecule has 0 unspecified atom stereocenters. The molecule has 0 spiro atoms. The Morgan fingerprint density at radius 2 is 1.73 bits per heavy atom. The largest absolute Gasteiger partial charge is 0.416 e. The van der Waals surface area contributed by atoms with Crippen LogP contribution in [0.1, 0.15) is 58.5 Å². The van der Waals surface area contributed by atoms with Crippen molar-refractivity contribution in [3.63, 3.8) is 0 Å². The molecule has 0 saturated carbocycles. The van der Waals surface area contributed by atoms with Crippen LogP contribution in [0.5, 0.6) is 0 Å². The molecule has 3 N–H and O–H groups in total. The first-order valence-electron chi connectivity index (χ1n) is 13.2. The molecule has 0 aliphatic carbocycles. The minimum Gasteiger partial charge on any atom is -0.385 e. The molecule has 9 heteroatoms. The molecule has 4 aromatic rings. The Balaban J connectivity index is 1.21. The lowest BCUT2D eigenvalue weighted by molar-refractivity contribution is -0.137. The van der Waals surface area contributed by atoms with Crippen LogP contribution in [0.2, 0.25) is 0 Å². The van der Waals surface area contributed by atoms with E-state index in [1.54, 1.807) is 6.07 Å². The zero-order valence-corrected chi connectivity index (χ0v) is 22.0. The molecule has 1 aliphatic heterocycles. The number of aromatic nitrogens is 1. The molecule has 0 radical (unpaired) electrons. The van der Waals surface area contributed by atoms with Crippen molar-refractivity contribution in [3.05, 3.63) is 117 Å². The summed E-state index contributed by atoms with van der Waals surface area (Å²) in [5, 5.41) is 16.1. The molecular weight excluding hydrogens is 519 g/mol. The van der Waals surface area contributed by atoms with Gasteiger partial charge in [0, 0.05) is 25.3 Å². The lowest BCUT2D eigenvalue weighted by Crippen LogP contribution is -2.42. The highest BCUT2D eigenvalue weighted by molar-refractivity contribution is 5.94. The standard InChI is InChI=1S/C31H30F3N3O3/c1-20(25-11-4-7-21-6-2-3-10-26(21)25)35-28(38)27-13-12-24(36-29(27)39)19-37-16-14-30(40,15-17-37)22-8-5-9-23(18-22)31(32,33)34/h2-13,18,20,40H,14-17,19H2,1H3,(H,35,38)(H,36,39)/t20-/m0/s1. The van der Waals surface area contributed by atoms with Crippen LogP contribution >= 0.6 is 0 Å². The highest BCUT2D eigenvalue weighted by Gasteiger charge is 2.37. The highest BCUT2D eigenvalue weighted by Crippen LogP contribution is 2.37. The number of pyridine rings is 1. The second-order valence-electron chi connectivity index (χ2n) is 10.4. The Morgan fingerprint density at radius 3 is 2.45 bits per heavy atom. The Morgan fingerprint density at radius 1 is 1.02 bits per heavy atom. The molecule has 40 heavy (non-hydrogen) atoms. The topological polar surface area (TPSA) is 85.4 Å². The van der Waals surface area contributed by atoms with Gasteiger partial charge < -0.3 is 15.4 Å². The number of halogens is 3. The minimum atomic E-state index is -4.48. The van der Waals surface area contributed by atoms with Crippen molar-refractivity contribution in [2.75, 3.05) is 13.1 Å². The normalized spacial score (nSPS) is 16.5. The van der Waals surface area contributed by atoms with Gasteiger partial charge in [-0.1, -0.05) is 54.6 Å². The summed E-state index contributed by atoms with van der Waals surface area (Å²) in [5.41, 5.74) is -0.820. The predicted molar refractivity (Wildman–Crippen MR) is 147 cm³/mol. The number of alkyl halides is 3. The monoisotopic (exact) mass is 549 g/mol. The number of piperidine rings is 1. The van der Waals surface area contributed by atoms with Crippen molar-refractivity contribution in [1.82, 2.24) is 15.2 Å². The van der Waals surface area contributed by atoms with Crippen LogP contribution in [0.3, 0.4) is 0 Å². The first kappa shape index (κ1) is 27.6. The van der Waals surface area contributed by atoms with E-state index in [1.165, 1.54) is 18.2 Å². The molecule has 1 aliphatic rings. The maximum Gasteiger partial charge on any atom is 0.416 e. The SMILES string of the molecule is C[C@H](NC(=O)c1ccc(CN2CCC(O)(c3cccc(C(F)(F)F)c3)CC2)[nH]c1=O)c1cccc2ccccc12. The third-order valence-corrected chi connectivity index (χ3v) is 7.66. The fraction of sp³-hybridized carbons (Fsp3) is 0.290. The lowest BCUT2D eigenvalue weighted by atomic mass is 9.83. The van der Waals surface area contributed by atoms with Gasteiger partial charge in [-0.15, -0.1) is 0 Å². The summed E-state index contributed by atoms with van der Waals surface area (Å²) in [4.78, 5) is 30.5. The summed E-state index contributed by atoms with van der Waals surface area (Å²) >= 11 is 0. The zero-order valence-electron chi connectivity index (χ0n) is 22.0. The van der Waals surface area contributed by atoms with Crippen LogP contribution in [0.25, 0.3) is 10.8 Å². The summed E-state index contributed by atoms with van der Waals surface area (Å²) < 4.78 is 39.4. The van der Waals surface area contributed by atoms with Gasteiger partial charge in [0.25, 0.3) is 11.5 Å². The molecule has 1 amide bonds. The number of carbonyl (C=O) groups is 1. The summed E-state index contributed by atoms with van der Waals surface area (Å²) in [7, 11) is 0. The van der Waals surface area contributed by atoms with Crippen LogP contribution in [-0.4, -0.2) is 34.0 Å². The first-order chi connectivity index (χ1) is 19.0. The van der Waals surface area contributed by atoms with Crippen molar-refractivity contribution in [3.8, 4) is 0 Å². The van der Waals surface area contributed by atoms with Crippen molar-refractivity contribution in [2.45, 2.75) is 44.1 Å². The third-order valence-electron chi connectivity index (χ3n) is 7.66. The number of H-pyrrole nitrogens is 1. The van der Waals surface area contributed by atoms with Gasteiger partial charge in [-0.3, -0.25) is 14.5 Å². The number of benzene rings is 3. The van der Waals surface area contributed by atoms with Crippen LogP contribution in [0, 0.1) is 0 Å². The first-order valence-corrected chi connectivity index (χ1v) is 13.2. The number of nitrogens with one attached hydrogen (secondary N) is 2. The summed E-state index contributed by atoms with van der Waals surface area (Å²) in [6, 6.07) is 21.5. The average Bonchev–Trinajstić information content (AvgIpc) is 2.93. The molecule has 3 aromatic carbocycles.